The van der Waals surface area contributed by atoms with E-state index in [0.29, 0.717) is 0 Å². The molecule has 0 saturated carbocycles. The first-order valence-corrected chi connectivity index (χ1v) is 11.2. The Morgan fingerprint density at radius 2 is 1.71 bits per heavy atom. The maximum Gasteiger partial charge on any atom is 0.243 e. The SMILES string of the molecule is CC(C)[C@H](NC(=O)Cc1cccc2ccccc12)C(=O)N[C@H]1CCCc2ccccc21. The van der Waals surface area contributed by atoms with Gasteiger partial charge in [0.05, 0.1) is 12.5 Å². The summed E-state index contributed by atoms with van der Waals surface area (Å²) < 4.78 is 0. The highest BCUT2D eigenvalue weighted by Crippen LogP contribution is 2.29. The lowest BCUT2D eigenvalue weighted by molar-refractivity contribution is -0.130. The molecule has 0 aromatic heterocycles. The van der Waals surface area contributed by atoms with Crippen molar-refractivity contribution >= 4 is 22.6 Å². The third-order valence-corrected chi connectivity index (χ3v) is 6.18. The van der Waals surface area contributed by atoms with Crippen molar-refractivity contribution in [1.82, 2.24) is 10.6 Å². The zero-order valence-electron chi connectivity index (χ0n) is 18.2. The molecule has 0 bridgehead atoms. The molecule has 2 atom stereocenters. The van der Waals surface area contributed by atoms with E-state index in [2.05, 4.69) is 22.8 Å². The number of fused-ring (bicyclic) bond motifs is 2. The molecule has 1 aliphatic carbocycles. The van der Waals surface area contributed by atoms with E-state index in [1.54, 1.807) is 0 Å². The van der Waals surface area contributed by atoms with Crippen molar-refractivity contribution in [3.63, 3.8) is 0 Å². The van der Waals surface area contributed by atoms with Crippen LogP contribution >= 0.6 is 0 Å². The van der Waals surface area contributed by atoms with Crippen LogP contribution in [-0.2, 0) is 22.4 Å². The summed E-state index contributed by atoms with van der Waals surface area (Å²) in [6, 6.07) is 21.8. The second kappa shape index (κ2) is 9.34. The molecule has 0 heterocycles. The summed E-state index contributed by atoms with van der Waals surface area (Å²) in [7, 11) is 0. The Hall–Kier alpha value is -3.14. The minimum absolute atomic E-state index is 0.00435. The number of carbonyl (C=O) groups excluding carboxylic acids is 2. The lowest BCUT2D eigenvalue weighted by atomic mass is 9.87. The molecular formula is C27H30N2O2. The number of rotatable bonds is 6. The van der Waals surface area contributed by atoms with Crippen LogP contribution in [0.1, 0.15) is 49.4 Å². The van der Waals surface area contributed by atoms with Crippen LogP contribution in [-0.4, -0.2) is 17.9 Å². The van der Waals surface area contributed by atoms with Crippen molar-refractivity contribution in [3.05, 3.63) is 83.4 Å². The molecule has 4 nitrogen and oxygen atoms in total. The van der Waals surface area contributed by atoms with Crippen molar-refractivity contribution in [1.29, 1.82) is 0 Å². The zero-order chi connectivity index (χ0) is 21.8. The Kier molecular flexibility index (Phi) is 6.36. The molecule has 0 saturated heterocycles. The van der Waals surface area contributed by atoms with Gasteiger partial charge in [0.1, 0.15) is 6.04 Å². The molecule has 3 aromatic rings. The maximum atomic E-state index is 13.1. The van der Waals surface area contributed by atoms with Crippen LogP contribution in [0, 0.1) is 5.92 Å². The van der Waals surface area contributed by atoms with E-state index < -0.39 is 6.04 Å². The van der Waals surface area contributed by atoms with Crippen LogP contribution in [0.5, 0.6) is 0 Å². The van der Waals surface area contributed by atoms with Crippen molar-refractivity contribution in [2.45, 2.75) is 51.6 Å². The third kappa shape index (κ3) is 4.79. The first-order valence-electron chi connectivity index (χ1n) is 11.2. The maximum absolute atomic E-state index is 13.1. The smallest absolute Gasteiger partial charge is 0.243 e. The average Bonchev–Trinajstić information content (AvgIpc) is 2.78. The van der Waals surface area contributed by atoms with Crippen LogP contribution in [0.4, 0.5) is 0 Å². The fraction of sp³-hybridized carbons (Fsp3) is 0.333. The van der Waals surface area contributed by atoms with Gasteiger partial charge in [-0.1, -0.05) is 80.6 Å². The molecule has 0 fully saturated rings. The van der Waals surface area contributed by atoms with Crippen LogP contribution in [0.15, 0.2) is 66.7 Å². The monoisotopic (exact) mass is 414 g/mol. The number of carbonyl (C=O) groups is 2. The van der Waals surface area contributed by atoms with Crippen molar-refractivity contribution < 1.29 is 9.59 Å². The van der Waals surface area contributed by atoms with Crippen LogP contribution in [0.25, 0.3) is 10.8 Å². The number of amides is 2. The molecular weight excluding hydrogens is 384 g/mol. The van der Waals surface area contributed by atoms with Gasteiger partial charge in [0.15, 0.2) is 0 Å². The highest BCUT2D eigenvalue weighted by atomic mass is 16.2. The summed E-state index contributed by atoms with van der Waals surface area (Å²) in [5, 5.41) is 8.38. The minimum Gasteiger partial charge on any atom is -0.347 e. The van der Waals surface area contributed by atoms with E-state index in [4.69, 9.17) is 0 Å². The molecule has 0 unspecified atom stereocenters. The molecule has 3 aromatic carbocycles. The third-order valence-electron chi connectivity index (χ3n) is 6.18. The molecule has 0 radical (unpaired) electrons. The van der Waals surface area contributed by atoms with Gasteiger partial charge in [0.25, 0.3) is 0 Å². The van der Waals surface area contributed by atoms with Gasteiger partial charge in [-0.3, -0.25) is 9.59 Å². The van der Waals surface area contributed by atoms with E-state index in [-0.39, 0.29) is 30.2 Å². The highest BCUT2D eigenvalue weighted by Gasteiger charge is 2.28. The normalized spacial score (nSPS) is 16.5. The highest BCUT2D eigenvalue weighted by molar-refractivity contribution is 5.92. The quantitative estimate of drug-likeness (QED) is 0.613. The second-order valence-corrected chi connectivity index (χ2v) is 8.76. The number of nitrogens with one attached hydrogen (secondary N) is 2. The van der Waals surface area contributed by atoms with Crippen LogP contribution < -0.4 is 10.6 Å². The molecule has 160 valence electrons. The second-order valence-electron chi connectivity index (χ2n) is 8.76. The zero-order valence-corrected chi connectivity index (χ0v) is 18.2. The Labute approximate surface area is 184 Å². The first kappa shape index (κ1) is 21.1. The van der Waals surface area contributed by atoms with Crippen molar-refractivity contribution in [2.24, 2.45) is 5.92 Å². The molecule has 4 heteroatoms. The molecule has 1 aliphatic rings. The summed E-state index contributed by atoms with van der Waals surface area (Å²) >= 11 is 0. The standard InChI is InChI=1S/C27H30N2O2/c1-18(2)26(27(31)28-24-16-8-12-20-10-4-6-15-23(20)24)29-25(30)17-21-13-7-11-19-9-3-5-14-22(19)21/h3-7,9-11,13-15,18,24,26H,8,12,16-17H2,1-2H3,(H,28,31)(H,29,30)/t24-,26-/m0/s1. The van der Waals surface area contributed by atoms with E-state index in [1.165, 1.54) is 11.1 Å². The largest absolute Gasteiger partial charge is 0.347 e. The summed E-state index contributed by atoms with van der Waals surface area (Å²) in [6.45, 7) is 3.94. The fourth-order valence-corrected chi connectivity index (χ4v) is 4.54. The van der Waals surface area contributed by atoms with Gasteiger partial charge >= 0.3 is 0 Å². The van der Waals surface area contributed by atoms with Crippen molar-refractivity contribution in [2.75, 3.05) is 0 Å². The van der Waals surface area contributed by atoms with Gasteiger partial charge in [-0.25, -0.2) is 0 Å². The predicted molar refractivity (Wildman–Crippen MR) is 125 cm³/mol. The molecule has 0 aliphatic heterocycles. The van der Waals surface area contributed by atoms with Gasteiger partial charge in [0, 0.05) is 0 Å². The number of hydrogen-bond donors (Lipinski definition) is 2. The molecule has 0 spiro atoms. The van der Waals surface area contributed by atoms with Gasteiger partial charge < -0.3 is 10.6 Å². The van der Waals surface area contributed by atoms with E-state index in [9.17, 15) is 9.59 Å². The van der Waals surface area contributed by atoms with Gasteiger partial charge in [0.2, 0.25) is 11.8 Å². The number of benzene rings is 3. The van der Waals surface area contributed by atoms with E-state index in [0.717, 1.165) is 35.6 Å². The van der Waals surface area contributed by atoms with E-state index in [1.807, 2.05) is 68.4 Å². The fourth-order valence-electron chi connectivity index (χ4n) is 4.54. The van der Waals surface area contributed by atoms with Crippen molar-refractivity contribution in [3.8, 4) is 0 Å². The molecule has 31 heavy (non-hydrogen) atoms. The Morgan fingerprint density at radius 1 is 0.968 bits per heavy atom. The van der Waals surface area contributed by atoms with E-state index >= 15 is 0 Å². The minimum atomic E-state index is -0.559. The Bertz CT molecular complexity index is 1080. The number of aryl methyl sites for hydroxylation is 1. The van der Waals surface area contributed by atoms with Gasteiger partial charge in [-0.05, 0) is 52.6 Å². The number of hydrogen-bond acceptors (Lipinski definition) is 2. The average molecular weight is 415 g/mol. The van der Waals surface area contributed by atoms with Gasteiger partial charge in [-0.15, -0.1) is 0 Å². The Morgan fingerprint density at radius 3 is 2.55 bits per heavy atom. The molecule has 2 N–H and O–H groups in total. The predicted octanol–water partition coefficient (Wildman–Crippen LogP) is 4.72. The Balaban J connectivity index is 1.45. The molecule has 2 amide bonds. The summed E-state index contributed by atoms with van der Waals surface area (Å²) in [5.74, 6) is -0.243. The van der Waals surface area contributed by atoms with Crippen LogP contribution in [0.3, 0.4) is 0 Å². The summed E-state index contributed by atoms with van der Waals surface area (Å²) in [4.78, 5) is 26.0. The topological polar surface area (TPSA) is 58.2 Å². The lowest BCUT2D eigenvalue weighted by Crippen LogP contribution is -2.51. The summed E-state index contributed by atoms with van der Waals surface area (Å²) in [5.41, 5.74) is 3.48. The lowest BCUT2D eigenvalue weighted by Gasteiger charge is -2.29. The molecule has 4 rings (SSSR count). The first-order chi connectivity index (χ1) is 15.0. The summed E-state index contributed by atoms with van der Waals surface area (Å²) in [6.07, 6.45) is 3.29. The van der Waals surface area contributed by atoms with Crippen LogP contribution in [0.2, 0.25) is 0 Å². The van der Waals surface area contributed by atoms with Gasteiger partial charge in [-0.2, -0.15) is 0 Å².